The molecule has 0 bridgehead atoms. The van der Waals surface area contributed by atoms with Crippen molar-refractivity contribution >= 4 is 23.6 Å². The normalized spacial score (nSPS) is 15.2. The van der Waals surface area contributed by atoms with Crippen LogP contribution in [0.3, 0.4) is 0 Å². The van der Waals surface area contributed by atoms with E-state index in [4.69, 9.17) is 10.5 Å². The van der Waals surface area contributed by atoms with E-state index in [1.165, 1.54) is 10.6 Å². The summed E-state index contributed by atoms with van der Waals surface area (Å²) < 4.78 is 20.7. The molecule has 2 rings (SSSR count). The quantitative estimate of drug-likeness (QED) is 0.638. The van der Waals surface area contributed by atoms with E-state index < -0.39 is 11.7 Å². The fourth-order valence-electron chi connectivity index (χ4n) is 2.06. The summed E-state index contributed by atoms with van der Waals surface area (Å²) in [5, 5.41) is 0. The van der Waals surface area contributed by atoms with Crippen LogP contribution in [0.15, 0.2) is 24.3 Å². The Morgan fingerprint density at radius 2 is 2.10 bits per heavy atom. The smallest absolute Gasteiger partial charge is 0.406 e. The molecule has 0 aliphatic carbocycles. The van der Waals surface area contributed by atoms with Crippen LogP contribution in [-0.2, 0) is 4.74 Å². The molecule has 1 aliphatic rings. The lowest BCUT2D eigenvalue weighted by Crippen LogP contribution is -2.32. The van der Waals surface area contributed by atoms with Crippen LogP contribution in [0.4, 0.5) is 14.9 Å². The van der Waals surface area contributed by atoms with Crippen LogP contribution in [0, 0.1) is 5.82 Å². The number of hydrogen-bond acceptors (Lipinski definition) is 3. The monoisotopic (exact) mass is 291 g/mol. The number of carbonyl (C=O) groups excluding carboxylic acids is 1. The van der Waals surface area contributed by atoms with Gasteiger partial charge in [-0.3, -0.25) is 0 Å². The first kappa shape index (κ1) is 15.2. The highest BCUT2D eigenvalue weighted by molar-refractivity contribution is 5.82. The fourth-order valence-corrected chi connectivity index (χ4v) is 2.06. The van der Waals surface area contributed by atoms with Gasteiger partial charge in [-0.25, -0.2) is 4.39 Å². The lowest BCUT2D eigenvalue weighted by Gasteiger charge is -2.17. The fraction of sp³-hybridized carbons (Fsp3) is 0.375. The molecule has 0 saturated carbocycles. The van der Waals surface area contributed by atoms with E-state index in [1.807, 2.05) is 26.8 Å². The summed E-state index contributed by atoms with van der Waals surface area (Å²) in [6.45, 7) is 5.83. The molecule has 1 heterocycles. The summed E-state index contributed by atoms with van der Waals surface area (Å²) in [5.41, 5.74) is 6.76. The van der Waals surface area contributed by atoms with Gasteiger partial charge in [0.25, 0.3) is 0 Å². The van der Waals surface area contributed by atoms with E-state index in [0.29, 0.717) is 24.2 Å². The van der Waals surface area contributed by atoms with Gasteiger partial charge in [-0.05, 0) is 50.6 Å². The van der Waals surface area contributed by atoms with Crippen molar-refractivity contribution in [2.45, 2.75) is 32.8 Å². The van der Waals surface area contributed by atoms with E-state index >= 15 is 0 Å². The number of halogens is 1. The number of allylic oxidation sites excluding steroid dienone is 1. The average molecular weight is 291 g/mol. The van der Waals surface area contributed by atoms with Gasteiger partial charge in [0.2, 0.25) is 0 Å². The number of hydrogen-bond donors (Lipinski definition) is 1. The van der Waals surface area contributed by atoms with Gasteiger partial charge in [-0.2, -0.15) is 4.79 Å². The molecule has 5 heteroatoms. The van der Waals surface area contributed by atoms with Crippen molar-refractivity contribution in [3.8, 4) is 0 Å². The molecule has 0 atom stereocenters. The Balaban J connectivity index is 2.09. The average Bonchev–Trinajstić information content (AvgIpc) is 2.37. The Labute approximate surface area is 123 Å². The zero-order chi connectivity index (χ0) is 15.6. The molecule has 1 aromatic carbocycles. The zero-order valence-corrected chi connectivity index (χ0v) is 12.5. The molecule has 0 unspecified atom stereocenters. The lowest BCUT2D eigenvalue weighted by molar-refractivity contribution is -0.437. The SMILES string of the molecule is CC(C)(C)OC(=O)[N+]1=CCC(c2ccc(N)cc2F)=CC1. The molecular formula is C16H20FN2O2+. The molecule has 0 radical (unpaired) electrons. The van der Waals surface area contributed by atoms with E-state index in [-0.39, 0.29) is 5.82 Å². The highest BCUT2D eigenvalue weighted by atomic mass is 19.1. The summed E-state index contributed by atoms with van der Waals surface area (Å²) in [6, 6.07) is 4.63. The molecule has 2 N–H and O–H groups in total. The molecule has 1 aromatic rings. The maximum absolute atomic E-state index is 13.9. The number of amides is 1. The molecule has 0 spiro atoms. The summed E-state index contributed by atoms with van der Waals surface area (Å²) in [6.07, 6.45) is 3.63. The van der Waals surface area contributed by atoms with Crippen molar-refractivity contribution in [2.24, 2.45) is 0 Å². The van der Waals surface area contributed by atoms with Gasteiger partial charge < -0.3 is 10.5 Å². The summed E-state index contributed by atoms with van der Waals surface area (Å²) >= 11 is 0. The highest BCUT2D eigenvalue weighted by Crippen LogP contribution is 2.24. The van der Waals surface area contributed by atoms with Crippen molar-refractivity contribution in [2.75, 3.05) is 12.3 Å². The van der Waals surface area contributed by atoms with Crippen molar-refractivity contribution < 1.29 is 18.5 Å². The minimum Gasteiger partial charge on any atom is -0.406 e. The van der Waals surface area contributed by atoms with Gasteiger partial charge in [-0.1, -0.05) is 0 Å². The minimum absolute atomic E-state index is 0.347. The van der Waals surface area contributed by atoms with Crippen LogP contribution >= 0.6 is 0 Å². The second kappa shape index (κ2) is 5.68. The van der Waals surface area contributed by atoms with Crippen molar-refractivity contribution in [1.82, 2.24) is 0 Å². The number of nitrogens with zero attached hydrogens (tertiary/aromatic N) is 1. The molecular weight excluding hydrogens is 271 g/mol. The number of nitrogen functional groups attached to an aromatic ring is 1. The second-order valence-electron chi connectivity index (χ2n) is 5.99. The minimum atomic E-state index is -0.530. The van der Waals surface area contributed by atoms with Crippen LogP contribution in [0.2, 0.25) is 0 Å². The largest absolute Gasteiger partial charge is 0.596 e. The molecule has 1 aliphatic heterocycles. The lowest BCUT2D eigenvalue weighted by atomic mass is 10.0. The number of rotatable bonds is 1. The van der Waals surface area contributed by atoms with Gasteiger partial charge in [0, 0.05) is 11.3 Å². The number of ether oxygens (including phenoxy) is 1. The van der Waals surface area contributed by atoms with E-state index in [0.717, 1.165) is 5.57 Å². The number of nitrogens with two attached hydrogens (primary N) is 1. The predicted octanol–water partition coefficient (Wildman–Crippen LogP) is 3.21. The zero-order valence-electron chi connectivity index (χ0n) is 12.5. The third kappa shape index (κ3) is 3.90. The summed E-state index contributed by atoms with van der Waals surface area (Å²) in [7, 11) is 0. The first-order valence-electron chi connectivity index (χ1n) is 6.83. The third-order valence-corrected chi connectivity index (χ3v) is 3.03. The number of carbonyl (C=O) groups is 1. The predicted molar refractivity (Wildman–Crippen MR) is 80.8 cm³/mol. The first-order chi connectivity index (χ1) is 9.76. The van der Waals surface area contributed by atoms with Crippen LogP contribution in [-0.4, -0.2) is 29.0 Å². The standard InChI is InChI=1S/C16H20FN2O2/c1-16(2,3)21-15(20)19-8-6-11(7-9-19)13-5-4-12(18)10-14(13)17/h4-6,9-10H,7-8,18H2,1-3H3/q+1. The molecule has 21 heavy (non-hydrogen) atoms. The van der Waals surface area contributed by atoms with Gasteiger partial charge in [0.1, 0.15) is 11.4 Å². The Morgan fingerprint density at radius 3 is 2.62 bits per heavy atom. The van der Waals surface area contributed by atoms with Crippen molar-refractivity contribution in [3.05, 3.63) is 35.7 Å². The Morgan fingerprint density at radius 1 is 1.38 bits per heavy atom. The highest BCUT2D eigenvalue weighted by Gasteiger charge is 2.27. The second-order valence-corrected chi connectivity index (χ2v) is 5.99. The van der Waals surface area contributed by atoms with Crippen LogP contribution < -0.4 is 5.73 Å². The molecule has 1 amide bonds. The Hall–Kier alpha value is -2.17. The van der Waals surface area contributed by atoms with Crippen LogP contribution in [0.5, 0.6) is 0 Å². The van der Waals surface area contributed by atoms with Crippen molar-refractivity contribution in [1.29, 1.82) is 0 Å². The van der Waals surface area contributed by atoms with E-state index in [1.54, 1.807) is 18.3 Å². The first-order valence-corrected chi connectivity index (χ1v) is 6.83. The topological polar surface area (TPSA) is 55.3 Å². The summed E-state index contributed by atoms with van der Waals surface area (Å²) in [4.78, 5) is 11.9. The molecule has 112 valence electrons. The number of anilines is 1. The number of benzene rings is 1. The Bertz CT molecular complexity index is 628. The maximum atomic E-state index is 13.9. The van der Waals surface area contributed by atoms with Gasteiger partial charge >= 0.3 is 6.09 Å². The van der Waals surface area contributed by atoms with Crippen LogP contribution in [0.1, 0.15) is 32.8 Å². The molecule has 0 saturated heterocycles. The van der Waals surface area contributed by atoms with E-state index in [9.17, 15) is 9.18 Å². The molecule has 0 fully saturated rings. The molecule has 4 nitrogen and oxygen atoms in total. The van der Waals surface area contributed by atoms with Gasteiger partial charge in [-0.15, -0.1) is 4.58 Å². The Kier molecular flexibility index (Phi) is 4.11. The van der Waals surface area contributed by atoms with Gasteiger partial charge in [0.05, 0.1) is 6.42 Å². The molecule has 0 aromatic heterocycles. The van der Waals surface area contributed by atoms with E-state index in [2.05, 4.69) is 0 Å². The van der Waals surface area contributed by atoms with Crippen molar-refractivity contribution in [3.63, 3.8) is 0 Å². The van der Waals surface area contributed by atoms with Crippen LogP contribution in [0.25, 0.3) is 5.57 Å². The summed E-state index contributed by atoms with van der Waals surface area (Å²) in [5.74, 6) is -0.347. The maximum Gasteiger partial charge on any atom is 0.596 e. The van der Waals surface area contributed by atoms with Gasteiger partial charge in [0.15, 0.2) is 12.8 Å². The third-order valence-electron chi connectivity index (χ3n) is 3.03.